The van der Waals surface area contributed by atoms with Crippen molar-refractivity contribution in [1.82, 2.24) is 4.98 Å². The first kappa shape index (κ1) is 14.6. The van der Waals surface area contributed by atoms with E-state index in [1.54, 1.807) is 32.9 Å². The molecule has 2 rings (SSSR count). The number of nitrogens with one attached hydrogen (secondary N) is 1. The van der Waals surface area contributed by atoms with Crippen molar-refractivity contribution in [2.75, 3.05) is 5.32 Å². The number of oxazole rings is 1. The van der Waals surface area contributed by atoms with Gasteiger partial charge in [0, 0.05) is 5.56 Å². The Labute approximate surface area is 122 Å². The number of anilines is 1. The van der Waals surface area contributed by atoms with Gasteiger partial charge in [0.1, 0.15) is 11.7 Å². The maximum Gasteiger partial charge on any atom is 0.414 e. The number of carbonyl (C=O) groups is 1. The Morgan fingerprint density at radius 2 is 2.00 bits per heavy atom. The van der Waals surface area contributed by atoms with Crippen molar-refractivity contribution in [3.8, 4) is 17.5 Å². The van der Waals surface area contributed by atoms with Gasteiger partial charge in [0.05, 0.1) is 0 Å². The second kappa shape index (κ2) is 5.67. The van der Waals surface area contributed by atoms with Crippen LogP contribution in [0.2, 0.25) is 0 Å². The van der Waals surface area contributed by atoms with Gasteiger partial charge in [-0.05, 0) is 32.9 Å². The average Bonchev–Trinajstić information content (AvgIpc) is 2.80. The van der Waals surface area contributed by atoms with Crippen molar-refractivity contribution in [1.29, 1.82) is 5.26 Å². The number of aromatic nitrogens is 1. The fourth-order valence-corrected chi connectivity index (χ4v) is 1.58. The Kier molecular flexibility index (Phi) is 3.94. The molecule has 21 heavy (non-hydrogen) atoms. The number of nitriles is 1. The molecule has 0 aliphatic carbocycles. The molecule has 1 aromatic heterocycles. The second-order valence-electron chi connectivity index (χ2n) is 5.30. The van der Waals surface area contributed by atoms with Gasteiger partial charge in [0.15, 0.2) is 0 Å². The highest BCUT2D eigenvalue weighted by molar-refractivity contribution is 5.84. The number of hydrogen-bond acceptors (Lipinski definition) is 5. The highest BCUT2D eigenvalue weighted by atomic mass is 16.6. The lowest BCUT2D eigenvalue weighted by molar-refractivity contribution is 0.0632. The first-order valence-electron chi connectivity index (χ1n) is 6.35. The van der Waals surface area contributed by atoms with E-state index in [9.17, 15) is 4.79 Å². The van der Waals surface area contributed by atoms with E-state index >= 15 is 0 Å². The number of carbonyl (C=O) groups excluding carboxylic acids is 1. The van der Waals surface area contributed by atoms with Gasteiger partial charge >= 0.3 is 6.09 Å². The zero-order chi connectivity index (χ0) is 15.5. The summed E-state index contributed by atoms with van der Waals surface area (Å²) in [5.41, 5.74) is 0.0741. The van der Waals surface area contributed by atoms with Crippen LogP contribution in [-0.4, -0.2) is 16.7 Å². The van der Waals surface area contributed by atoms with Crippen LogP contribution in [0.25, 0.3) is 11.5 Å². The monoisotopic (exact) mass is 285 g/mol. The van der Waals surface area contributed by atoms with E-state index in [0.29, 0.717) is 5.56 Å². The van der Waals surface area contributed by atoms with Gasteiger partial charge in [-0.3, -0.25) is 5.32 Å². The quantitative estimate of drug-likeness (QED) is 0.911. The van der Waals surface area contributed by atoms with Gasteiger partial charge in [-0.15, -0.1) is 0 Å². The normalized spacial score (nSPS) is 10.8. The maximum atomic E-state index is 11.7. The van der Waals surface area contributed by atoms with Gasteiger partial charge in [-0.2, -0.15) is 10.2 Å². The summed E-state index contributed by atoms with van der Waals surface area (Å²) < 4.78 is 10.5. The molecule has 1 heterocycles. The molecule has 108 valence electrons. The average molecular weight is 285 g/mol. The highest BCUT2D eigenvalue weighted by Gasteiger charge is 2.21. The summed E-state index contributed by atoms with van der Waals surface area (Å²) in [7, 11) is 0. The Morgan fingerprint density at radius 1 is 1.33 bits per heavy atom. The zero-order valence-corrected chi connectivity index (χ0v) is 12.0. The lowest BCUT2D eigenvalue weighted by Gasteiger charge is -2.18. The minimum atomic E-state index is -0.699. The van der Waals surface area contributed by atoms with Gasteiger partial charge in [-0.1, -0.05) is 18.2 Å². The Balaban J connectivity index is 2.23. The van der Waals surface area contributed by atoms with Crippen LogP contribution < -0.4 is 5.32 Å². The van der Waals surface area contributed by atoms with Crippen LogP contribution in [0.1, 0.15) is 26.5 Å². The third-order valence-electron chi connectivity index (χ3n) is 2.37. The van der Waals surface area contributed by atoms with Gasteiger partial charge in [0.25, 0.3) is 0 Å². The number of rotatable bonds is 2. The third-order valence-corrected chi connectivity index (χ3v) is 2.37. The number of nitrogens with zero attached hydrogens (tertiary/aromatic N) is 2. The van der Waals surface area contributed by atoms with Crippen LogP contribution in [0.5, 0.6) is 0 Å². The summed E-state index contributed by atoms with van der Waals surface area (Å²) in [6.07, 6.45) is -0.699. The zero-order valence-electron chi connectivity index (χ0n) is 12.0. The smallest absolute Gasteiger partial charge is 0.414 e. The van der Waals surface area contributed by atoms with Gasteiger partial charge in [-0.25, -0.2) is 4.79 Å². The van der Waals surface area contributed by atoms with Crippen molar-refractivity contribution in [3.63, 3.8) is 0 Å². The summed E-state index contributed by atoms with van der Waals surface area (Å²) in [4.78, 5) is 15.8. The summed E-state index contributed by atoms with van der Waals surface area (Å²) >= 11 is 0. The molecule has 1 amide bonds. The molecule has 6 nitrogen and oxygen atoms in total. The molecule has 0 fully saturated rings. The van der Waals surface area contributed by atoms with Crippen molar-refractivity contribution < 1.29 is 13.9 Å². The number of hydrogen-bond donors (Lipinski definition) is 1. The topological polar surface area (TPSA) is 88.2 Å². The molecular formula is C15H15N3O3. The molecule has 0 saturated heterocycles. The molecule has 0 aliphatic heterocycles. The fraction of sp³-hybridized carbons (Fsp3) is 0.267. The van der Waals surface area contributed by atoms with Gasteiger partial charge in [0.2, 0.25) is 17.5 Å². The highest BCUT2D eigenvalue weighted by Crippen LogP contribution is 2.25. The summed E-state index contributed by atoms with van der Waals surface area (Å²) in [6, 6.07) is 11.0. The van der Waals surface area contributed by atoms with Crippen molar-refractivity contribution in [2.45, 2.75) is 26.4 Å². The first-order chi connectivity index (χ1) is 9.89. The molecule has 0 unspecified atom stereocenters. The molecule has 6 heteroatoms. The number of benzene rings is 1. The lowest BCUT2D eigenvalue weighted by Crippen LogP contribution is -2.27. The molecule has 0 radical (unpaired) electrons. The number of amides is 1. The van der Waals surface area contributed by atoms with E-state index in [0.717, 1.165) is 0 Å². The van der Waals surface area contributed by atoms with Crippen LogP contribution in [0.4, 0.5) is 10.7 Å². The largest absolute Gasteiger partial charge is 0.444 e. The van der Waals surface area contributed by atoms with Crippen LogP contribution in [-0.2, 0) is 4.74 Å². The van der Waals surface area contributed by atoms with E-state index in [1.165, 1.54) is 0 Å². The SMILES string of the molecule is CC(C)(C)OC(=O)Nc1oc(-c2ccccc2)nc1C#N. The second-order valence-corrected chi connectivity index (χ2v) is 5.30. The van der Waals surface area contributed by atoms with E-state index in [1.807, 2.05) is 24.3 Å². The van der Waals surface area contributed by atoms with Crippen LogP contribution >= 0.6 is 0 Å². The summed E-state index contributed by atoms with van der Waals surface area (Å²) in [6.45, 7) is 5.23. The minimum absolute atomic E-state index is 0.000266. The maximum absolute atomic E-state index is 11.7. The Hall–Kier alpha value is -2.81. The molecule has 0 aliphatic rings. The molecule has 0 bridgehead atoms. The molecule has 0 atom stereocenters. The van der Waals surface area contributed by atoms with Crippen molar-refractivity contribution >= 4 is 12.0 Å². The van der Waals surface area contributed by atoms with E-state index in [2.05, 4.69) is 10.3 Å². The molecule has 1 aromatic carbocycles. The molecule has 0 spiro atoms. The van der Waals surface area contributed by atoms with Crippen molar-refractivity contribution in [2.24, 2.45) is 0 Å². The number of ether oxygens (including phenoxy) is 1. The lowest BCUT2D eigenvalue weighted by atomic mass is 10.2. The van der Waals surface area contributed by atoms with Crippen LogP contribution in [0.3, 0.4) is 0 Å². The van der Waals surface area contributed by atoms with Crippen LogP contribution in [0.15, 0.2) is 34.7 Å². The van der Waals surface area contributed by atoms with Crippen LogP contribution in [0, 0.1) is 11.3 Å². The third kappa shape index (κ3) is 3.83. The predicted octanol–water partition coefficient (Wildman–Crippen LogP) is 3.56. The van der Waals surface area contributed by atoms with E-state index in [4.69, 9.17) is 14.4 Å². The Morgan fingerprint density at radius 3 is 2.57 bits per heavy atom. The Bertz CT molecular complexity index is 678. The van der Waals surface area contributed by atoms with Crippen molar-refractivity contribution in [3.05, 3.63) is 36.0 Å². The fourth-order valence-electron chi connectivity index (χ4n) is 1.58. The molecule has 0 saturated carbocycles. The predicted molar refractivity (Wildman–Crippen MR) is 76.5 cm³/mol. The summed E-state index contributed by atoms with van der Waals surface area (Å²) in [5.74, 6) is 0.240. The summed E-state index contributed by atoms with van der Waals surface area (Å²) in [5, 5.41) is 11.5. The van der Waals surface area contributed by atoms with E-state index in [-0.39, 0.29) is 17.5 Å². The van der Waals surface area contributed by atoms with Gasteiger partial charge < -0.3 is 9.15 Å². The first-order valence-corrected chi connectivity index (χ1v) is 6.35. The molecular weight excluding hydrogens is 270 g/mol. The minimum Gasteiger partial charge on any atom is -0.444 e. The standard InChI is InChI=1S/C15H15N3O3/c1-15(2,3)21-14(19)18-13-11(9-16)17-12(20-13)10-7-5-4-6-8-10/h4-8H,1-3H3,(H,18,19). The molecule has 1 N–H and O–H groups in total. The molecule has 2 aromatic rings. The van der Waals surface area contributed by atoms with E-state index < -0.39 is 11.7 Å².